The van der Waals surface area contributed by atoms with E-state index in [-0.39, 0.29) is 18.5 Å². The van der Waals surface area contributed by atoms with E-state index in [4.69, 9.17) is 9.84 Å². The van der Waals surface area contributed by atoms with E-state index < -0.39 is 11.9 Å². The van der Waals surface area contributed by atoms with Gasteiger partial charge in [-0.25, -0.2) is 0 Å². The molecule has 0 spiro atoms. The first-order chi connectivity index (χ1) is 8.65. The molecule has 0 aliphatic heterocycles. The van der Waals surface area contributed by atoms with E-state index in [0.717, 1.165) is 19.3 Å². The standard InChI is InChI=1S/C12H22N2O4/c1-18-7-6-13-8-11(15)14-10-5-3-2-4-9(10)12(16)17/h9-10,13H,2-8H2,1H3,(H,14,15)(H,16,17). The molecule has 3 N–H and O–H groups in total. The Morgan fingerprint density at radius 1 is 1.33 bits per heavy atom. The number of rotatable bonds is 7. The maximum atomic E-state index is 11.6. The van der Waals surface area contributed by atoms with Crippen molar-refractivity contribution in [3.05, 3.63) is 0 Å². The SMILES string of the molecule is COCCNCC(=O)NC1CCCCC1C(=O)O. The third-order valence-corrected chi connectivity index (χ3v) is 3.20. The first kappa shape index (κ1) is 14.9. The van der Waals surface area contributed by atoms with Crippen LogP contribution in [0.4, 0.5) is 0 Å². The molecule has 104 valence electrons. The fourth-order valence-corrected chi connectivity index (χ4v) is 2.23. The summed E-state index contributed by atoms with van der Waals surface area (Å²) >= 11 is 0. The zero-order valence-corrected chi connectivity index (χ0v) is 10.8. The molecular formula is C12H22N2O4. The first-order valence-corrected chi connectivity index (χ1v) is 6.37. The van der Waals surface area contributed by atoms with Gasteiger partial charge in [0, 0.05) is 19.7 Å². The molecule has 0 heterocycles. The summed E-state index contributed by atoms with van der Waals surface area (Å²) in [5.41, 5.74) is 0. The van der Waals surface area contributed by atoms with E-state index in [1.807, 2.05) is 0 Å². The van der Waals surface area contributed by atoms with Crippen LogP contribution in [0.5, 0.6) is 0 Å². The lowest BCUT2D eigenvalue weighted by molar-refractivity contribution is -0.144. The summed E-state index contributed by atoms with van der Waals surface area (Å²) in [5.74, 6) is -1.40. The highest BCUT2D eigenvalue weighted by atomic mass is 16.5. The Bertz CT molecular complexity index is 283. The monoisotopic (exact) mass is 258 g/mol. The number of methoxy groups -OCH3 is 1. The van der Waals surface area contributed by atoms with Crippen LogP contribution in [0.2, 0.25) is 0 Å². The van der Waals surface area contributed by atoms with Crippen LogP contribution < -0.4 is 10.6 Å². The normalized spacial score (nSPS) is 23.6. The second-order valence-corrected chi connectivity index (χ2v) is 4.57. The number of ether oxygens (including phenoxy) is 1. The van der Waals surface area contributed by atoms with Crippen molar-refractivity contribution in [1.29, 1.82) is 0 Å². The van der Waals surface area contributed by atoms with Crippen molar-refractivity contribution in [2.45, 2.75) is 31.7 Å². The summed E-state index contributed by atoms with van der Waals surface area (Å²) in [6.45, 7) is 1.36. The quantitative estimate of drug-likeness (QED) is 0.559. The number of aliphatic carboxylic acids is 1. The Morgan fingerprint density at radius 3 is 2.72 bits per heavy atom. The molecule has 1 aliphatic rings. The third kappa shape index (κ3) is 5.01. The maximum absolute atomic E-state index is 11.6. The first-order valence-electron chi connectivity index (χ1n) is 6.37. The number of hydrogen-bond donors (Lipinski definition) is 3. The molecule has 0 aromatic heterocycles. The van der Waals surface area contributed by atoms with Crippen LogP contribution in [0.25, 0.3) is 0 Å². The van der Waals surface area contributed by atoms with Crippen molar-refractivity contribution in [2.24, 2.45) is 5.92 Å². The summed E-state index contributed by atoms with van der Waals surface area (Å²) < 4.78 is 4.85. The van der Waals surface area contributed by atoms with Gasteiger partial charge in [0.25, 0.3) is 0 Å². The van der Waals surface area contributed by atoms with Crippen LogP contribution in [0.15, 0.2) is 0 Å². The molecule has 0 aromatic rings. The summed E-state index contributed by atoms with van der Waals surface area (Å²) in [6, 6.07) is -0.229. The molecule has 0 saturated heterocycles. The molecule has 1 rings (SSSR count). The molecular weight excluding hydrogens is 236 g/mol. The van der Waals surface area contributed by atoms with Crippen LogP contribution >= 0.6 is 0 Å². The van der Waals surface area contributed by atoms with Gasteiger partial charge in [0.15, 0.2) is 0 Å². The fourth-order valence-electron chi connectivity index (χ4n) is 2.23. The molecule has 1 fully saturated rings. The smallest absolute Gasteiger partial charge is 0.308 e. The lowest BCUT2D eigenvalue weighted by Crippen LogP contribution is -2.47. The molecule has 2 unspecified atom stereocenters. The molecule has 0 aromatic carbocycles. The zero-order chi connectivity index (χ0) is 13.4. The Balaban J connectivity index is 2.30. The van der Waals surface area contributed by atoms with Crippen molar-refractivity contribution >= 4 is 11.9 Å². The van der Waals surface area contributed by atoms with E-state index in [2.05, 4.69) is 10.6 Å². The van der Waals surface area contributed by atoms with Crippen LogP contribution in [-0.2, 0) is 14.3 Å². The Kier molecular flexibility index (Phi) is 6.67. The number of carboxylic acid groups (broad SMARTS) is 1. The van der Waals surface area contributed by atoms with E-state index in [1.54, 1.807) is 7.11 Å². The van der Waals surface area contributed by atoms with Gasteiger partial charge in [-0.3, -0.25) is 9.59 Å². The second kappa shape index (κ2) is 8.05. The number of carbonyl (C=O) groups excluding carboxylic acids is 1. The van der Waals surface area contributed by atoms with Crippen LogP contribution in [0, 0.1) is 5.92 Å². The van der Waals surface area contributed by atoms with E-state index >= 15 is 0 Å². The van der Waals surface area contributed by atoms with Crippen LogP contribution in [0.1, 0.15) is 25.7 Å². The van der Waals surface area contributed by atoms with Crippen molar-refractivity contribution in [1.82, 2.24) is 10.6 Å². The predicted octanol–water partition coefficient (Wildman–Crippen LogP) is -0.0180. The molecule has 6 heteroatoms. The van der Waals surface area contributed by atoms with Gasteiger partial charge >= 0.3 is 5.97 Å². The number of carboxylic acids is 1. The van der Waals surface area contributed by atoms with Crippen LogP contribution in [0.3, 0.4) is 0 Å². The molecule has 2 atom stereocenters. The molecule has 18 heavy (non-hydrogen) atoms. The average Bonchev–Trinajstić information content (AvgIpc) is 2.35. The van der Waals surface area contributed by atoms with Gasteiger partial charge in [0.05, 0.1) is 19.1 Å². The Hall–Kier alpha value is -1.14. The van der Waals surface area contributed by atoms with Gasteiger partial charge < -0.3 is 20.5 Å². The highest BCUT2D eigenvalue weighted by molar-refractivity contribution is 5.79. The minimum atomic E-state index is -0.813. The molecule has 1 amide bonds. The lowest BCUT2D eigenvalue weighted by Gasteiger charge is -2.29. The van der Waals surface area contributed by atoms with Gasteiger partial charge in [-0.05, 0) is 12.8 Å². The number of nitrogens with one attached hydrogen (secondary N) is 2. The Labute approximate surface area is 107 Å². The van der Waals surface area contributed by atoms with Crippen molar-refractivity contribution < 1.29 is 19.4 Å². The summed E-state index contributed by atoms with van der Waals surface area (Å²) in [4.78, 5) is 22.7. The summed E-state index contributed by atoms with van der Waals surface area (Å²) in [7, 11) is 1.60. The zero-order valence-electron chi connectivity index (χ0n) is 10.8. The summed E-state index contributed by atoms with van der Waals surface area (Å²) in [6.07, 6.45) is 3.30. The minimum absolute atomic E-state index is 0.149. The molecule has 6 nitrogen and oxygen atoms in total. The maximum Gasteiger partial charge on any atom is 0.308 e. The predicted molar refractivity (Wildman–Crippen MR) is 66.3 cm³/mol. The van der Waals surface area contributed by atoms with Gasteiger partial charge in [0.2, 0.25) is 5.91 Å². The van der Waals surface area contributed by atoms with Gasteiger partial charge in [-0.2, -0.15) is 0 Å². The van der Waals surface area contributed by atoms with Crippen molar-refractivity contribution in [3.8, 4) is 0 Å². The van der Waals surface area contributed by atoms with E-state index in [9.17, 15) is 9.59 Å². The number of hydrogen-bond acceptors (Lipinski definition) is 4. The van der Waals surface area contributed by atoms with Crippen LogP contribution in [-0.4, -0.2) is 49.8 Å². The largest absolute Gasteiger partial charge is 0.481 e. The fraction of sp³-hybridized carbons (Fsp3) is 0.833. The number of carbonyl (C=O) groups is 2. The van der Waals surface area contributed by atoms with Gasteiger partial charge in [-0.15, -0.1) is 0 Å². The van der Waals surface area contributed by atoms with Crippen molar-refractivity contribution in [2.75, 3.05) is 26.8 Å². The molecule has 1 saturated carbocycles. The second-order valence-electron chi connectivity index (χ2n) is 4.57. The lowest BCUT2D eigenvalue weighted by atomic mass is 9.84. The molecule has 1 aliphatic carbocycles. The Morgan fingerprint density at radius 2 is 2.06 bits per heavy atom. The van der Waals surface area contributed by atoms with Gasteiger partial charge in [0.1, 0.15) is 0 Å². The highest BCUT2D eigenvalue weighted by Gasteiger charge is 2.31. The molecule has 0 bridgehead atoms. The number of amides is 1. The van der Waals surface area contributed by atoms with E-state index in [1.165, 1.54) is 0 Å². The minimum Gasteiger partial charge on any atom is -0.481 e. The van der Waals surface area contributed by atoms with E-state index in [0.29, 0.717) is 19.6 Å². The topological polar surface area (TPSA) is 87.7 Å². The highest BCUT2D eigenvalue weighted by Crippen LogP contribution is 2.24. The summed E-state index contributed by atoms with van der Waals surface area (Å²) in [5, 5.41) is 14.8. The van der Waals surface area contributed by atoms with Gasteiger partial charge in [-0.1, -0.05) is 12.8 Å². The van der Waals surface area contributed by atoms with Crippen molar-refractivity contribution in [3.63, 3.8) is 0 Å². The molecule has 0 radical (unpaired) electrons. The third-order valence-electron chi connectivity index (χ3n) is 3.20. The average molecular weight is 258 g/mol.